The molecular formula is C18H24N2O3. The molecule has 0 aromatic rings. The Labute approximate surface area is 136 Å². The molecule has 23 heavy (non-hydrogen) atoms. The smallest absolute Gasteiger partial charge is 0.233 e. The molecule has 5 heteroatoms. The highest BCUT2D eigenvalue weighted by molar-refractivity contribution is 6.06. The minimum absolute atomic E-state index is 0.0412. The molecule has 2 aliphatic heterocycles. The van der Waals surface area contributed by atoms with E-state index in [1.165, 1.54) is 17.7 Å². The molecule has 124 valence electrons. The maximum atomic E-state index is 12.6. The van der Waals surface area contributed by atoms with E-state index in [-0.39, 0.29) is 54.4 Å². The number of imide groups is 1. The Morgan fingerprint density at radius 1 is 0.957 bits per heavy atom. The van der Waals surface area contributed by atoms with Crippen molar-refractivity contribution in [2.75, 3.05) is 19.6 Å². The first-order chi connectivity index (χ1) is 11.2. The number of rotatable bonds is 3. The number of fused-ring (bicyclic) bond motifs is 5. The Morgan fingerprint density at radius 3 is 2.09 bits per heavy atom. The summed E-state index contributed by atoms with van der Waals surface area (Å²) in [6.07, 6.45) is 9.93. The van der Waals surface area contributed by atoms with Crippen molar-refractivity contribution in [2.24, 2.45) is 23.7 Å². The second-order valence-corrected chi connectivity index (χ2v) is 7.37. The van der Waals surface area contributed by atoms with Crippen LogP contribution in [0.1, 0.15) is 38.5 Å². The van der Waals surface area contributed by atoms with Crippen molar-refractivity contribution in [3.05, 3.63) is 12.2 Å². The number of carbonyl (C=O) groups is 3. The van der Waals surface area contributed by atoms with Gasteiger partial charge in [-0.05, 0) is 31.1 Å². The molecule has 4 atom stereocenters. The zero-order chi connectivity index (χ0) is 16.0. The van der Waals surface area contributed by atoms with Crippen molar-refractivity contribution in [2.45, 2.75) is 38.5 Å². The second-order valence-electron chi connectivity index (χ2n) is 7.37. The van der Waals surface area contributed by atoms with Crippen LogP contribution in [-0.4, -0.2) is 47.2 Å². The molecule has 0 radical (unpaired) electrons. The molecule has 0 aromatic carbocycles. The van der Waals surface area contributed by atoms with Gasteiger partial charge in [-0.1, -0.05) is 25.0 Å². The average Bonchev–Trinajstić information content (AvgIpc) is 3.13. The summed E-state index contributed by atoms with van der Waals surface area (Å²) in [5.74, 6) is 0.198. The first kappa shape index (κ1) is 14.9. The quantitative estimate of drug-likeness (QED) is 0.587. The minimum Gasteiger partial charge on any atom is -0.343 e. The van der Waals surface area contributed by atoms with Crippen LogP contribution in [0, 0.1) is 23.7 Å². The van der Waals surface area contributed by atoms with Gasteiger partial charge in [-0.25, -0.2) is 0 Å². The van der Waals surface area contributed by atoms with Gasteiger partial charge in [-0.3, -0.25) is 19.3 Å². The molecule has 2 saturated heterocycles. The van der Waals surface area contributed by atoms with Crippen molar-refractivity contribution < 1.29 is 14.4 Å². The highest BCUT2D eigenvalue weighted by atomic mass is 16.2. The van der Waals surface area contributed by atoms with Crippen molar-refractivity contribution in [3.63, 3.8) is 0 Å². The van der Waals surface area contributed by atoms with Crippen molar-refractivity contribution in [3.8, 4) is 0 Å². The normalized spacial score (nSPS) is 35.8. The van der Waals surface area contributed by atoms with Crippen LogP contribution in [0.15, 0.2) is 12.2 Å². The number of amides is 3. The lowest BCUT2D eigenvalue weighted by Gasteiger charge is -2.22. The van der Waals surface area contributed by atoms with E-state index >= 15 is 0 Å². The van der Waals surface area contributed by atoms with Crippen LogP contribution in [0.2, 0.25) is 0 Å². The zero-order valence-electron chi connectivity index (χ0n) is 13.4. The summed E-state index contributed by atoms with van der Waals surface area (Å²) in [4.78, 5) is 40.8. The Kier molecular flexibility index (Phi) is 3.74. The highest BCUT2D eigenvalue weighted by Crippen LogP contribution is 2.52. The fraction of sp³-hybridized carbons (Fsp3) is 0.722. The summed E-state index contributed by atoms with van der Waals surface area (Å²) >= 11 is 0. The molecule has 2 bridgehead atoms. The molecular weight excluding hydrogens is 292 g/mol. The first-order valence-corrected chi connectivity index (χ1v) is 8.98. The summed E-state index contributed by atoms with van der Waals surface area (Å²) in [5, 5.41) is 0. The van der Waals surface area contributed by atoms with E-state index in [9.17, 15) is 14.4 Å². The van der Waals surface area contributed by atoms with Gasteiger partial charge in [0, 0.05) is 26.1 Å². The number of likely N-dealkylation sites (tertiary alicyclic amines) is 2. The van der Waals surface area contributed by atoms with Gasteiger partial charge < -0.3 is 4.90 Å². The summed E-state index contributed by atoms with van der Waals surface area (Å²) in [6, 6.07) is 0. The molecule has 1 saturated carbocycles. The van der Waals surface area contributed by atoms with Gasteiger partial charge in [0.25, 0.3) is 0 Å². The average molecular weight is 316 g/mol. The number of allylic oxidation sites excluding steroid dienone is 2. The number of hydrogen-bond acceptors (Lipinski definition) is 3. The zero-order valence-corrected chi connectivity index (χ0v) is 13.4. The topological polar surface area (TPSA) is 57.7 Å². The van der Waals surface area contributed by atoms with E-state index in [2.05, 4.69) is 12.2 Å². The maximum absolute atomic E-state index is 12.6. The van der Waals surface area contributed by atoms with E-state index < -0.39 is 0 Å². The Hall–Kier alpha value is -1.65. The van der Waals surface area contributed by atoms with Crippen LogP contribution in [0.5, 0.6) is 0 Å². The van der Waals surface area contributed by atoms with Gasteiger partial charge in [0.05, 0.1) is 11.8 Å². The molecule has 0 spiro atoms. The monoisotopic (exact) mass is 316 g/mol. The first-order valence-electron chi connectivity index (χ1n) is 8.98. The number of nitrogens with zero attached hydrogens (tertiary/aromatic N) is 2. The van der Waals surface area contributed by atoms with Crippen molar-refractivity contribution in [1.82, 2.24) is 9.80 Å². The van der Waals surface area contributed by atoms with Crippen molar-refractivity contribution in [1.29, 1.82) is 0 Å². The van der Waals surface area contributed by atoms with Crippen LogP contribution in [0.4, 0.5) is 0 Å². The Morgan fingerprint density at radius 2 is 1.52 bits per heavy atom. The van der Waals surface area contributed by atoms with Crippen LogP contribution in [0.3, 0.4) is 0 Å². The molecule has 2 aliphatic carbocycles. The van der Waals surface area contributed by atoms with Gasteiger partial charge in [-0.2, -0.15) is 0 Å². The van der Waals surface area contributed by atoms with Gasteiger partial charge in [0.2, 0.25) is 17.7 Å². The van der Waals surface area contributed by atoms with Crippen LogP contribution in [-0.2, 0) is 14.4 Å². The fourth-order valence-corrected chi connectivity index (χ4v) is 4.87. The van der Waals surface area contributed by atoms with Gasteiger partial charge in [-0.15, -0.1) is 0 Å². The second kappa shape index (κ2) is 5.77. The predicted molar refractivity (Wildman–Crippen MR) is 84.1 cm³/mol. The highest BCUT2D eigenvalue weighted by Gasteiger charge is 2.59. The largest absolute Gasteiger partial charge is 0.343 e. The van der Waals surface area contributed by atoms with Crippen LogP contribution < -0.4 is 0 Å². The van der Waals surface area contributed by atoms with Gasteiger partial charge in [0.1, 0.15) is 0 Å². The molecule has 3 amide bonds. The molecule has 4 aliphatic rings. The fourth-order valence-electron chi connectivity index (χ4n) is 4.87. The van der Waals surface area contributed by atoms with E-state index in [4.69, 9.17) is 0 Å². The molecule has 5 nitrogen and oxygen atoms in total. The molecule has 0 aromatic heterocycles. The molecule has 4 unspecified atom stereocenters. The van der Waals surface area contributed by atoms with Gasteiger partial charge in [0.15, 0.2) is 0 Å². The molecule has 0 N–H and O–H groups in total. The van der Waals surface area contributed by atoms with E-state index in [1.54, 1.807) is 0 Å². The third kappa shape index (κ3) is 2.41. The predicted octanol–water partition coefficient (Wildman–Crippen LogP) is 1.59. The lowest BCUT2D eigenvalue weighted by Crippen LogP contribution is -2.38. The summed E-state index contributed by atoms with van der Waals surface area (Å²) < 4.78 is 0. The van der Waals surface area contributed by atoms with Gasteiger partial charge >= 0.3 is 0 Å². The van der Waals surface area contributed by atoms with Crippen LogP contribution >= 0.6 is 0 Å². The Balaban J connectivity index is 1.37. The Bertz CT molecular complexity index is 533. The lowest BCUT2D eigenvalue weighted by atomic mass is 9.85. The van der Waals surface area contributed by atoms with Crippen LogP contribution in [0.25, 0.3) is 0 Å². The van der Waals surface area contributed by atoms with E-state index in [0.29, 0.717) is 0 Å². The summed E-state index contributed by atoms with van der Waals surface area (Å²) in [5.41, 5.74) is 0. The summed E-state index contributed by atoms with van der Waals surface area (Å²) in [6.45, 7) is 1.90. The molecule has 2 heterocycles. The number of carbonyl (C=O) groups excluding carboxylic acids is 3. The lowest BCUT2D eigenvalue weighted by molar-refractivity contribution is -0.141. The minimum atomic E-state index is -0.147. The number of hydrogen-bond donors (Lipinski definition) is 0. The standard InChI is InChI=1S/C18H24N2O3/c21-14(19-8-3-1-2-4-9-19)7-10-20-17(22)15-12-5-6-13(11-12)16(15)18(20)23/h5-6,12-13,15-16H,1-4,7-11H2. The summed E-state index contributed by atoms with van der Waals surface area (Å²) in [7, 11) is 0. The maximum Gasteiger partial charge on any atom is 0.233 e. The SMILES string of the molecule is O=C(CCN1C(=O)C2C3C=CC(C3)C2C1=O)N1CCCCCC1. The third-order valence-electron chi connectivity index (χ3n) is 6.07. The van der Waals surface area contributed by atoms with Crippen molar-refractivity contribution >= 4 is 17.7 Å². The molecule has 3 fully saturated rings. The van der Waals surface area contributed by atoms with E-state index in [0.717, 1.165) is 32.4 Å². The third-order valence-corrected chi connectivity index (χ3v) is 6.07. The van der Waals surface area contributed by atoms with E-state index in [1.807, 2.05) is 4.90 Å². The molecule has 4 rings (SSSR count).